The molecule has 0 saturated carbocycles. The van der Waals surface area contributed by atoms with E-state index in [1.165, 1.54) is 0 Å². The lowest BCUT2D eigenvalue weighted by atomic mass is 10.2. The van der Waals surface area contributed by atoms with Crippen LogP contribution in [0.1, 0.15) is 17.0 Å². The molecular formula is C14H17NO5. The third-order valence-corrected chi connectivity index (χ3v) is 2.68. The lowest BCUT2D eigenvalue weighted by molar-refractivity contribution is 0.155. The number of benzene rings is 1. The highest BCUT2D eigenvalue weighted by atomic mass is 16.5. The molecule has 0 unspecified atom stereocenters. The van der Waals surface area contributed by atoms with E-state index in [1.54, 1.807) is 38.5 Å². The van der Waals surface area contributed by atoms with Crippen LogP contribution in [0.2, 0.25) is 0 Å². The molecule has 1 aromatic carbocycles. The third kappa shape index (κ3) is 3.49. The first kappa shape index (κ1) is 14.4. The summed E-state index contributed by atoms with van der Waals surface area (Å²) in [7, 11) is 3.15. The number of aliphatic hydroxyl groups is 1. The fourth-order valence-electron chi connectivity index (χ4n) is 1.72. The van der Waals surface area contributed by atoms with Crippen molar-refractivity contribution in [3.8, 4) is 11.5 Å². The van der Waals surface area contributed by atoms with Crippen molar-refractivity contribution < 1.29 is 23.8 Å². The van der Waals surface area contributed by atoms with Crippen LogP contribution >= 0.6 is 0 Å². The molecule has 0 aliphatic carbocycles. The maximum absolute atomic E-state index is 9.14. The molecule has 0 bridgehead atoms. The minimum atomic E-state index is -0.0533. The molecule has 0 radical (unpaired) electrons. The van der Waals surface area contributed by atoms with E-state index in [9.17, 15) is 0 Å². The Bertz CT molecular complexity index is 552. The molecule has 0 amide bonds. The molecule has 0 aliphatic heterocycles. The predicted octanol–water partition coefficient (Wildman–Crippen LogP) is 1.90. The van der Waals surface area contributed by atoms with Crippen LogP contribution in [0.15, 0.2) is 28.8 Å². The van der Waals surface area contributed by atoms with Gasteiger partial charge in [0.1, 0.15) is 18.9 Å². The lowest BCUT2D eigenvalue weighted by Gasteiger charge is -2.10. The number of aliphatic hydroxyl groups excluding tert-OH is 1. The summed E-state index contributed by atoms with van der Waals surface area (Å²) in [6, 6.07) is 7.03. The molecule has 2 aromatic rings. The fourth-order valence-corrected chi connectivity index (χ4v) is 1.72. The molecule has 1 heterocycles. The Balaban J connectivity index is 2.05. The maximum Gasteiger partial charge on any atom is 0.162 e. The highest BCUT2D eigenvalue weighted by Crippen LogP contribution is 2.28. The second-order valence-electron chi connectivity index (χ2n) is 4.15. The summed E-state index contributed by atoms with van der Waals surface area (Å²) < 4.78 is 20.9. The minimum absolute atomic E-state index is 0.0533. The smallest absolute Gasteiger partial charge is 0.162 e. The molecule has 1 N–H and O–H groups in total. The van der Waals surface area contributed by atoms with Crippen molar-refractivity contribution in [2.45, 2.75) is 19.8 Å². The quantitative estimate of drug-likeness (QED) is 0.834. The summed E-state index contributed by atoms with van der Waals surface area (Å²) >= 11 is 0. The molecular weight excluding hydrogens is 262 g/mol. The molecule has 2 rings (SSSR count). The average Bonchev–Trinajstić information content (AvgIpc) is 2.93. The van der Waals surface area contributed by atoms with Gasteiger partial charge < -0.3 is 23.8 Å². The summed E-state index contributed by atoms with van der Waals surface area (Å²) in [5.74, 6) is 1.79. The van der Waals surface area contributed by atoms with E-state index >= 15 is 0 Å². The number of hydrogen-bond acceptors (Lipinski definition) is 6. The monoisotopic (exact) mass is 279 g/mol. The van der Waals surface area contributed by atoms with Gasteiger partial charge in [0.2, 0.25) is 0 Å². The van der Waals surface area contributed by atoms with Crippen LogP contribution in [0.5, 0.6) is 11.5 Å². The molecule has 1 aromatic heterocycles. The Kier molecular flexibility index (Phi) is 4.97. The summed E-state index contributed by atoms with van der Waals surface area (Å²) in [6.45, 7) is 0.567. The van der Waals surface area contributed by atoms with Gasteiger partial charge in [-0.05, 0) is 17.7 Å². The van der Waals surface area contributed by atoms with Gasteiger partial charge in [-0.1, -0.05) is 11.2 Å². The topological polar surface area (TPSA) is 74.0 Å². The molecule has 6 nitrogen and oxygen atoms in total. The van der Waals surface area contributed by atoms with Crippen LogP contribution in [0.4, 0.5) is 0 Å². The van der Waals surface area contributed by atoms with E-state index in [0.717, 1.165) is 5.56 Å². The van der Waals surface area contributed by atoms with Gasteiger partial charge in [-0.2, -0.15) is 0 Å². The van der Waals surface area contributed by atoms with Crippen LogP contribution < -0.4 is 9.47 Å². The van der Waals surface area contributed by atoms with Crippen LogP contribution in [0, 0.1) is 0 Å². The van der Waals surface area contributed by atoms with Crippen molar-refractivity contribution in [3.05, 3.63) is 41.3 Å². The number of nitrogens with zero attached hydrogens (tertiary/aromatic N) is 1. The van der Waals surface area contributed by atoms with E-state index in [-0.39, 0.29) is 13.2 Å². The highest BCUT2D eigenvalue weighted by Gasteiger charge is 2.09. The van der Waals surface area contributed by atoms with Crippen molar-refractivity contribution in [2.24, 2.45) is 0 Å². The number of ether oxygens (including phenoxy) is 3. The zero-order valence-corrected chi connectivity index (χ0v) is 11.5. The summed E-state index contributed by atoms with van der Waals surface area (Å²) in [5, 5.41) is 13.0. The Labute approximate surface area is 116 Å². The molecule has 0 fully saturated rings. The van der Waals surface area contributed by atoms with E-state index < -0.39 is 0 Å². The van der Waals surface area contributed by atoms with Crippen LogP contribution in [-0.2, 0) is 24.6 Å². The Hall–Kier alpha value is -2.05. The zero-order valence-electron chi connectivity index (χ0n) is 11.5. The highest BCUT2D eigenvalue weighted by molar-refractivity contribution is 5.42. The van der Waals surface area contributed by atoms with Gasteiger partial charge in [0.25, 0.3) is 0 Å². The van der Waals surface area contributed by atoms with Gasteiger partial charge >= 0.3 is 0 Å². The van der Waals surface area contributed by atoms with Crippen molar-refractivity contribution in [1.82, 2.24) is 5.16 Å². The number of hydrogen-bond donors (Lipinski definition) is 1. The number of aromatic nitrogens is 1. The summed E-state index contributed by atoms with van der Waals surface area (Å²) in [4.78, 5) is 0. The van der Waals surface area contributed by atoms with Crippen molar-refractivity contribution in [1.29, 1.82) is 0 Å². The molecule has 6 heteroatoms. The van der Waals surface area contributed by atoms with Crippen LogP contribution in [0.25, 0.3) is 0 Å². The predicted molar refractivity (Wildman–Crippen MR) is 70.5 cm³/mol. The fraction of sp³-hybridized carbons (Fsp3) is 0.357. The van der Waals surface area contributed by atoms with E-state index in [0.29, 0.717) is 29.6 Å². The van der Waals surface area contributed by atoms with E-state index in [2.05, 4.69) is 5.16 Å². The van der Waals surface area contributed by atoms with Crippen molar-refractivity contribution >= 4 is 0 Å². The standard InChI is InChI=1S/C14H17NO5/c1-17-9-12-6-11(15-20-12)8-19-14-5-10(7-16)3-4-13(14)18-2/h3-6,16H,7-9H2,1-2H3. The van der Waals surface area contributed by atoms with Gasteiger partial charge in [-0.3, -0.25) is 0 Å². The Morgan fingerprint density at radius 2 is 2.00 bits per heavy atom. The molecule has 0 atom stereocenters. The Morgan fingerprint density at radius 3 is 2.70 bits per heavy atom. The second kappa shape index (κ2) is 6.93. The number of rotatable bonds is 7. The van der Waals surface area contributed by atoms with Crippen molar-refractivity contribution in [3.63, 3.8) is 0 Å². The summed E-state index contributed by atoms with van der Waals surface area (Å²) in [5.41, 5.74) is 1.41. The van der Waals surface area contributed by atoms with Gasteiger partial charge in [-0.25, -0.2) is 0 Å². The maximum atomic E-state index is 9.14. The van der Waals surface area contributed by atoms with Crippen molar-refractivity contribution in [2.75, 3.05) is 14.2 Å². The molecule has 0 spiro atoms. The molecule has 20 heavy (non-hydrogen) atoms. The van der Waals surface area contributed by atoms with Gasteiger partial charge in [0.05, 0.1) is 13.7 Å². The minimum Gasteiger partial charge on any atom is -0.493 e. The van der Waals surface area contributed by atoms with Crippen LogP contribution in [-0.4, -0.2) is 24.5 Å². The third-order valence-electron chi connectivity index (χ3n) is 2.68. The molecule has 0 aliphatic rings. The van der Waals surface area contributed by atoms with Gasteiger partial charge in [-0.15, -0.1) is 0 Å². The number of methoxy groups -OCH3 is 2. The first-order valence-electron chi connectivity index (χ1n) is 6.10. The first-order chi connectivity index (χ1) is 9.76. The second-order valence-corrected chi connectivity index (χ2v) is 4.15. The largest absolute Gasteiger partial charge is 0.493 e. The van der Waals surface area contributed by atoms with E-state index in [4.69, 9.17) is 23.8 Å². The first-order valence-corrected chi connectivity index (χ1v) is 6.10. The SMILES string of the molecule is COCc1cc(COc2cc(CO)ccc2OC)no1. The Morgan fingerprint density at radius 1 is 1.15 bits per heavy atom. The van der Waals surface area contributed by atoms with Crippen LogP contribution in [0.3, 0.4) is 0 Å². The average molecular weight is 279 g/mol. The van der Waals surface area contributed by atoms with Gasteiger partial charge in [0, 0.05) is 13.2 Å². The normalized spacial score (nSPS) is 10.6. The molecule has 108 valence electrons. The summed E-state index contributed by atoms with van der Waals surface area (Å²) in [6.07, 6.45) is 0. The lowest BCUT2D eigenvalue weighted by Crippen LogP contribution is -1.99. The van der Waals surface area contributed by atoms with E-state index in [1.807, 2.05) is 0 Å². The molecule has 0 saturated heterocycles. The van der Waals surface area contributed by atoms with Gasteiger partial charge in [0.15, 0.2) is 17.3 Å². The zero-order chi connectivity index (χ0) is 14.4.